The lowest BCUT2D eigenvalue weighted by molar-refractivity contribution is 0.627. The highest BCUT2D eigenvalue weighted by Crippen LogP contribution is 2.11. The average Bonchev–Trinajstić information content (AvgIpc) is 2.31. The number of pyridine rings is 1. The first kappa shape index (κ1) is 11.5. The molecule has 17 heavy (non-hydrogen) atoms. The molecule has 4 heteroatoms. The van der Waals surface area contributed by atoms with Crippen molar-refractivity contribution in [2.24, 2.45) is 5.73 Å². The number of benzene rings is 1. The van der Waals surface area contributed by atoms with Gasteiger partial charge in [-0.2, -0.15) is 0 Å². The van der Waals surface area contributed by atoms with Gasteiger partial charge in [-0.25, -0.2) is 4.39 Å². The molecule has 2 N–H and O–H groups in total. The van der Waals surface area contributed by atoms with Crippen LogP contribution in [0.1, 0.15) is 11.3 Å². The Hall–Kier alpha value is -1.94. The van der Waals surface area contributed by atoms with Gasteiger partial charge in [0.15, 0.2) is 5.43 Å². The minimum absolute atomic E-state index is 0.0663. The maximum absolute atomic E-state index is 12.8. The summed E-state index contributed by atoms with van der Waals surface area (Å²) in [6.45, 7) is 2.02. The minimum Gasteiger partial charge on any atom is -0.326 e. The number of halogens is 1. The third-order valence-corrected chi connectivity index (χ3v) is 2.65. The Balaban J connectivity index is 2.59. The van der Waals surface area contributed by atoms with Gasteiger partial charge in [-0.15, -0.1) is 0 Å². The van der Waals surface area contributed by atoms with Crippen molar-refractivity contribution in [1.82, 2.24) is 4.57 Å². The Kier molecular flexibility index (Phi) is 3.06. The summed E-state index contributed by atoms with van der Waals surface area (Å²) in [7, 11) is 0. The average molecular weight is 232 g/mol. The number of nitrogens with zero attached hydrogens (tertiary/aromatic N) is 1. The third kappa shape index (κ3) is 2.26. The van der Waals surface area contributed by atoms with Crippen LogP contribution in [-0.4, -0.2) is 4.57 Å². The lowest BCUT2D eigenvalue weighted by atomic mass is 10.2. The number of aryl methyl sites for hydroxylation is 1. The fourth-order valence-electron chi connectivity index (χ4n) is 1.71. The molecule has 0 aliphatic heterocycles. The van der Waals surface area contributed by atoms with Gasteiger partial charge in [0, 0.05) is 35.8 Å². The van der Waals surface area contributed by atoms with Crippen molar-refractivity contribution < 1.29 is 4.39 Å². The molecule has 3 nitrogen and oxygen atoms in total. The van der Waals surface area contributed by atoms with E-state index in [4.69, 9.17) is 5.73 Å². The summed E-state index contributed by atoms with van der Waals surface area (Å²) >= 11 is 0. The van der Waals surface area contributed by atoms with Crippen molar-refractivity contribution in [2.45, 2.75) is 13.5 Å². The van der Waals surface area contributed by atoms with Crippen LogP contribution in [0, 0.1) is 12.7 Å². The van der Waals surface area contributed by atoms with E-state index in [1.807, 2.05) is 11.5 Å². The SMILES string of the molecule is Cc1cc(=O)c(CN)cn1-c1ccc(F)cc1. The van der Waals surface area contributed by atoms with Crippen LogP contribution in [0.25, 0.3) is 5.69 Å². The Bertz CT molecular complexity index is 587. The van der Waals surface area contributed by atoms with E-state index in [1.54, 1.807) is 18.3 Å². The molecule has 0 unspecified atom stereocenters. The van der Waals surface area contributed by atoms with Gasteiger partial charge in [0.05, 0.1) is 0 Å². The van der Waals surface area contributed by atoms with Gasteiger partial charge in [0.25, 0.3) is 0 Å². The van der Waals surface area contributed by atoms with E-state index >= 15 is 0 Å². The second kappa shape index (κ2) is 4.51. The van der Waals surface area contributed by atoms with Crippen LogP contribution in [0.15, 0.2) is 41.3 Å². The maximum atomic E-state index is 12.8. The first-order chi connectivity index (χ1) is 8.11. The van der Waals surface area contributed by atoms with E-state index < -0.39 is 0 Å². The predicted molar refractivity (Wildman–Crippen MR) is 64.6 cm³/mol. The molecule has 1 aromatic heterocycles. The van der Waals surface area contributed by atoms with E-state index in [-0.39, 0.29) is 17.8 Å². The van der Waals surface area contributed by atoms with Crippen molar-refractivity contribution in [3.63, 3.8) is 0 Å². The van der Waals surface area contributed by atoms with E-state index in [1.165, 1.54) is 18.2 Å². The van der Waals surface area contributed by atoms with Gasteiger partial charge in [0.2, 0.25) is 0 Å². The fraction of sp³-hybridized carbons (Fsp3) is 0.154. The highest BCUT2D eigenvalue weighted by molar-refractivity contribution is 5.35. The van der Waals surface area contributed by atoms with Gasteiger partial charge in [-0.1, -0.05) is 0 Å². The molecule has 0 saturated carbocycles. The molecule has 1 heterocycles. The highest BCUT2D eigenvalue weighted by Gasteiger charge is 2.04. The van der Waals surface area contributed by atoms with E-state index in [0.29, 0.717) is 5.56 Å². The summed E-state index contributed by atoms with van der Waals surface area (Å²) in [6, 6.07) is 7.62. The van der Waals surface area contributed by atoms with Crippen LogP contribution >= 0.6 is 0 Å². The molecular formula is C13H13FN2O. The lowest BCUT2D eigenvalue weighted by Crippen LogP contribution is -2.16. The van der Waals surface area contributed by atoms with Gasteiger partial charge < -0.3 is 10.3 Å². The second-order valence-electron chi connectivity index (χ2n) is 3.85. The molecule has 0 saturated heterocycles. The molecule has 0 fully saturated rings. The first-order valence-corrected chi connectivity index (χ1v) is 5.30. The van der Waals surface area contributed by atoms with Crippen LogP contribution in [0.3, 0.4) is 0 Å². The highest BCUT2D eigenvalue weighted by atomic mass is 19.1. The van der Waals surface area contributed by atoms with Crippen LogP contribution in [0.2, 0.25) is 0 Å². The van der Waals surface area contributed by atoms with E-state index in [0.717, 1.165) is 11.4 Å². The quantitative estimate of drug-likeness (QED) is 0.857. The van der Waals surface area contributed by atoms with Gasteiger partial charge in [0.1, 0.15) is 5.82 Å². The number of hydrogen-bond donors (Lipinski definition) is 1. The lowest BCUT2D eigenvalue weighted by Gasteiger charge is -2.12. The largest absolute Gasteiger partial charge is 0.326 e. The number of nitrogens with two attached hydrogens (primary N) is 1. The predicted octanol–water partition coefficient (Wildman–Crippen LogP) is 1.74. The van der Waals surface area contributed by atoms with Crippen LogP contribution in [0.4, 0.5) is 4.39 Å². The first-order valence-electron chi connectivity index (χ1n) is 5.30. The van der Waals surface area contributed by atoms with Gasteiger partial charge in [-0.05, 0) is 31.2 Å². The monoisotopic (exact) mass is 232 g/mol. The Morgan fingerprint density at radius 3 is 2.53 bits per heavy atom. The smallest absolute Gasteiger partial charge is 0.186 e. The molecule has 0 aliphatic rings. The molecule has 0 aliphatic carbocycles. The summed E-state index contributed by atoms with van der Waals surface area (Å²) in [5.41, 5.74) is 7.57. The van der Waals surface area contributed by atoms with Crippen LogP contribution < -0.4 is 11.2 Å². The molecule has 2 rings (SSSR count). The van der Waals surface area contributed by atoms with Gasteiger partial charge in [-0.3, -0.25) is 4.79 Å². The maximum Gasteiger partial charge on any atom is 0.186 e. The topological polar surface area (TPSA) is 48.0 Å². The molecular weight excluding hydrogens is 219 g/mol. The zero-order valence-corrected chi connectivity index (χ0v) is 9.48. The fourth-order valence-corrected chi connectivity index (χ4v) is 1.71. The van der Waals surface area contributed by atoms with Gasteiger partial charge >= 0.3 is 0 Å². The second-order valence-corrected chi connectivity index (χ2v) is 3.85. The van der Waals surface area contributed by atoms with Crippen molar-refractivity contribution in [1.29, 1.82) is 0 Å². The Labute approximate surface area is 98.3 Å². The molecule has 88 valence electrons. The molecule has 2 aromatic rings. The van der Waals surface area contributed by atoms with E-state index in [2.05, 4.69) is 0 Å². The van der Waals surface area contributed by atoms with Crippen molar-refractivity contribution >= 4 is 0 Å². The normalized spacial score (nSPS) is 10.5. The Morgan fingerprint density at radius 1 is 1.29 bits per heavy atom. The summed E-state index contributed by atoms with van der Waals surface area (Å²) in [5.74, 6) is -0.286. The summed E-state index contributed by atoms with van der Waals surface area (Å²) in [6.07, 6.45) is 1.70. The molecule has 0 amide bonds. The van der Waals surface area contributed by atoms with E-state index in [9.17, 15) is 9.18 Å². The number of aromatic nitrogens is 1. The summed E-state index contributed by atoms with van der Waals surface area (Å²) < 4.78 is 14.7. The minimum atomic E-state index is -0.286. The standard InChI is InChI=1S/C13H13FN2O/c1-9-6-13(17)10(7-15)8-16(9)12-4-2-11(14)3-5-12/h2-6,8H,7,15H2,1H3. The molecule has 0 bridgehead atoms. The van der Waals surface area contributed by atoms with Crippen LogP contribution in [0.5, 0.6) is 0 Å². The number of rotatable bonds is 2. The molecule has 0 spiro atoms. The molecule has 0 atom stereocenters. The van der Waals surface area contributed by atoms with Crippen molar-refractivity contribution in [2.75, 3.05) is 0 Å². The third-order valence-electron chi connectivity index (χ3n) is 2.65. The van der Waals surface area contributed by atoms with Crippen molar-refractivity contribution in [3.05, 3.63) is 63.8 Å². The van der Waals surface area contributed by atoms with Crippen LogP contribution in [-0.2, 0) is 6.54 Å². The molecule has 1 aromatic carbocycles. The zero-order valence-electron chi connectivity index (χ0n) is 9.48. The summed E-state index contributed by atoms with van der Waals surface area (Å²) in [4.78, 5) is 11.6. The molecule has 0 radical (unpaired) electrons. The van der Waals surface area contributed by atoms with Crippen molar-refractivity contribution in [3.8, 4) is 5.69 Å². The number of hydrogen-bond acceptors (Lipinski definition) is 2. The Morgan fingerprint density at radius 2 is 1.94 bits per heavy atom. The summed E-state index contributed by atoms with van der Waals surface area (Å²) in [5, 5.41) is 0. The zero-order chi connectivity index (χ0) is 12.4.